The van der Waals surface area contributed by atoms with Crippen molar-refractivity contribution in [3.05, 3.63) is 29.8 Å². The van der Waals surface area contributed by atoms with Crippen LogP contribution in [0.5, 0.6) is 0 Å². The van der Waals surface area contributed by atoms with Crippen LogP contribution in [0.2, 0.25) is 0 Å². The standard InChI is InChI=1S/C12H16N2O5S/c1-8(2)14-20(18,19)10-5-3-9(4-6-10)12(17)13-7-11(15)16/h3-6,8,14H,7H2,1-2H3,(H,13,17)(H,15,16). The van der Waals surface area contributed by atoms with Gasteiger partial charge in [0.2, 0.25) is 10.0 Å². The lowest BCUT2D eigenvalue weighted by atomic mass is 10.2. The molecule has 110 valence electrons. The number of carboxylic acids is 1. The van der Waals surface area contributed by atoms with E-state index in [4.69, 9.17) is 5.11 Å². The van der Waals surface area contributed by atoms with Crippen molar-refractivity contribution in [3.63, 3.8) is 0 Å². The normalized spacial score (nSPS) is 11.3. The van der Waals surface area contributed by atoms with E-state index in [2.05, 4.69) is 10.0 Å². The van der Waals surface area contributed by atoms with Crippen LogP contribution in [0, 0.1) is 0 Å². The van der Waals surface area contributed by atoms with Crippen molar-refractivity contribution >= 4 is 21.9 Å². The van der Waals surface area contributed by atoms with Crippen LogP contribution in [0.3, 0.4) is 0 Å². The Balaban J connectivity index is 2.84. The van der Waals surface area contributed by atoms with Gasteiger partial charge in [-0.25, -0.2) is 13.1 Å². The maximum absolute atomic E-state index is 11.8. The van der Waals surface area contributed by atoms with Crippen molar-refractivity contribution in [2.45, 2.75) is 24.8 Å². The first-order chi connectivity index (χ1) is 9.22. The number of benzene rings is 1. The molecule has 1 amide bonds. The van der Waals surface area contributed by atoms with Crippen LogP contribution in [-0.2, 0) is 14.8 Å². The largest absolute Gasteiger partial charge is 0.480 e. The van der Waals surface area contributed by atoms with Gasteiger partial charge in [-0.3, -0.25) is 9.59 Å². The highest BCUT2D eigenvalue weighted by molar-refractivity contribution is 7.89. The van der Waals surface area contributed by atoms with Crippen molar-refractivity contribution in [1.29, 1.82) is 0 Å². The van der Waals surface area contributed by atoms with Gasteiger partial charge in [-0.05, 0) is 38.1 Å². The molecule has 0 atom stereocenters. The van der Waals surface area contributed by atoms with E-state index in [1.807, 2.05) is 0 Å². The zero-order chi connectivity index (χ0) is 15.3. The molecule has 0 saturated carbocycles. The minimum Gasteiger partial charge on any atom is -0.480 e. The van der Waals surface area contributed by atoms with E-state index in [1.54, 1.807) is 13.8 Å². The summed E-state index contributed by atoms with van der Waals surface area (Å²) < 4.78 is 26.1. The van der Waals surface area contributed by atoms with Crippen molar-refractivity contribution < 1.29 is 23.1 Å². The molecule has 1 aromatic carbocycles. The second-order valence-electron chi connectivity index (χ2n) is 4.38. The van der Waals surface area contributed by atoms with Crippen molar-refractivity contribution in [1.82, 2.24) is 10.0 Å². The van der Waals surface area contributed by atoms with E-state index >= 15 is 0 Å². The average molecular weight is 300 g/mol. The van der Waals surface area contributed by atoms with Gasteiger partial charge in [-0.1, -0.05) is 0 Å². The molecule has 8 heteroatoms. The molecular weight excluding hydrogens is 284 g/mol. The fourth-order valence-electron chi connectivity index (χ4n) is 1.42. The lowest BCUT2D eigenvalue weighted by Crippen LogP contribution is -2.30. The van der Waals surface area contributed by atoms with Gasteiger partial charge in [0.05, 0.1) is 4.90 Å². The molecule has 0 aliphatic heterocycles. The monoisotopic (exact) mass is 300 g/mol. The summed E-state index contributed by atoms with van der Waals surface area (Å²) in [6.45, 7) is 2.91. The van der Waals surface area contributed by atoms with Crippen LogP contribution >= 0.6 is 0 Å². The second kappa shape index (κ2) is 6.49. The van der Waals surface area contributed by atoms with Crippen LogP contribution in [0.25, 0.3) is 0 Å². The molecule has 0 fully saturated rings. The van der Waals surface area contributed by atoms with Gasteiger partial charge in [0, 0.05) is 11.6 Å². The molecule has 3 N–H and O–H groups in total. The maximum Gasteiger partial charge on any atom is 0.322 e. The van der Waals surface area contributed by atoms with Gasteiger partial charge in [0.25, 0.3) is 5.91 Å². The Kier molecular flexibility index (Phi) is 5.23. The van der Waals surface area contributed by atoms with Crippen LogP contribution in [0.1, 0.15) is 24.2 Å². The number of sulfonamides is 1. The second-order valence-corrected chi connectivity index (χ2v) is 6.09. The minimum absolute atomic E-state index is 0.0426. The Hall–Kier alpha value is -1.93. The number of carboxylic acid groups (broad SMARTS) is 1. The molecule has 0 spiro atoms. The number of carbonyl (C=O) groups is 2. The fourth-order valence-corrected chi connectivity index (χ4v) is 2.67. The van der Waals surface area contributed by atoms with Gasteiger partial charge in [-0.15, -0.1) is 0 Å². The molecule has 1 aromatic rings. The van der Waals surface area contributed by atoms with E-state index in [0.29, 0.717) is 0 Å². The summed E-state index contributed by atoms with van der Waals surface area (Å²) in [5, 5.41) is 10.6. The molecule has 0 aliphatic rings. The van der Waals surface area contributed by atoms with Crippen molar-refractivity contribution in [2.24, 2.45) is 0 Å². The molecule has 7 nitrogen and oxygen atoms in total. The SMILES string of the molecule is CC(C)NS(=O)(=O)c1ccc(C(=O)NCC(=O)O)cc1. The van der Waals surface area contributed by atoms with Crippen molar-refractivity contribution in [2.75, 3.05) is 6.54 Å². The summed E-state index contributed by atoms with van der Waals surface area (Å²) >= 11 is 0. The van der Waals surface area contributed by atoms with Crippen LogP contribution in [-0.4, -0.2) is 38.0 Å². The van der Waals surface area contributed by atoms with Gasteiger partial charge < -0.3 is 10.4 Å². The zero-order valence-corrected chi connectivity index (χ0v) is 11.9. The van der Waals surface area contributed by atoms with Crippen LogP contribution in [0.4, 0.5) is 0 Å². The van der Waals surface area contributed by atoms with E-state index in [1.165, 1.54) is 24.3 Å². The quantitative estimate of drug-likeness (QED) is 0.694. The van der Waals surface area contributed by atoms with Gasteiger partial charge in [-0.2, -0.15) is 0 Å². The number of rotatable bonds is 6. The summed E-state index contributed by atoms with van der Waals surface area (Å²) in [5.74, 6) is -1.73. The van der Waals surface area contributed by atoms with Crippen molar-refractivity contribution in [3.8, 4) is 0 Å². The molecule has 0 heterocycles. The molecule has 0 aromatic heterocycles. The summed E-state index contributed by atoms with van der Waals surface area (Å²) in [5.41, 5.74) is 0.190. The zero-order valence-electron chi connectivity index (χ0n) is 11.1. The third-order valence-corrected chi connectivity index (χ3v) is 3.89. The molecule has 0 saturated heterocycles. The number of carbonyl (C=O) groups excluding carboxylic acids is 1. The fraction of sp³-hybridized carbons (Fsp3) is 0.333. The Bertz CT molecular complexity index is 593. The first kappa shape index (κ1) is 16.1. The topological polar surface area (TPSA) is 113 Å². The summed E-state index contributed by atoms with van der Waals surface area (Å²) in [6, 6.07) is 5.00. The third-order valence-electron chi connectivity index (χ3n) is 2.22. The van der Waals surface area contributed by atoms with Gasteiger partial charge >= 0.3 is 5.97 Å². The predicted octanol–water partition coefficient (Wildman–Crippen LogP) is 0.188. The highest BCUT2D eigenvalue weighted by Gasteiger charge is 2.16. The van der Waals surface area contributed by atoms with Gasteiger partial charge in [0.1, 0.15) is 6.54 Å². The number of amides is 1. The van der Waals surface area contributed by atoms with Gasteiger partial charge in [0.15, 0.2) is 0 Å². The highest BCUT2D eigenvalue weighted by Crippen LogP contribution is 2.11. The molecule has 0 radical (unpaired) electrons. The number of hydrogen-bond acceptors (Lipinski definition) is 4. The minimum atomic E-state index is -3.60. The Morgan fingerprint density at radius 2 is 1.75 bits per heavy atom. The summed E-state index contributed by atoms with van der Waals surface area (Å²) in [4.78, 5) is 21.9. The van der Waals surface area contributed by atoms with E-state index in [9.17, 15) is 18.0 Å². The number of nitrogens with one attached hydrogen (secondary N) is 2. The lowest BCUT2D eigenvalue weighted by molar-refractivity contribution is -0.135. The molecule has 20 heavy (non-hydrogen) atoms. The Morgan fingerprint density at radius 3 is 2.20 bits per heavy atom. The third kappa shape index (κ3) is 4.63. The van der Waals surface area contributed by atoms with E-state index in [-0.39, 0.29) is 16.5 Å². The maximum atomic E-state index is 11.8. The first-order valence-corrected chi connectivity index (χ1v) is 7.33. The molecule has 0 aliphatic carbocycles. The number of aliphatic carboxylic acids is 1. The molecular formula is C12H16N2O5S. The molecule has 1 rings (SSSR count). The smallest absolute Gasteiger partial charge is 0.322 e. The highest BCUT2D eigenvalue weighted by atomic mass is 32.2. The summed E-state index contributed by atoms with van der Waals surface area (Å²) in [6.07, 6.45) is 0. The van der Waals surface area contributed by atoms with E-state index in [0.717, 1.165) is 0 Å². The van der Waals surface area contributed by atoms with E-state index < -0.39 is 28.4 Å². The molecule has 0 unspecified atom stereocenters. The van der Waals surface area contributed by atoms with Crippen LogP contribution in [0.15, 0.2) is 29.2 Å². The van der Waals surface area contributed by atoms with Crippen LogP contribution < -0.4 is 10.0 Å². The number of hydrogen-bond donors (Lipinski definition) is 3. The average Bonchev–Trinajstić information content (AvgIpc) is 2.34. The first-order valence-electron chi connectivity index (χ1n) is 5.85. The Labute approximate surface area is 117 Å². The lowest BCUT2D eigenvalue weighted by Gasteiger charge is -2.10. The molecule has 0 bridgehead atoms. The predicted molar refractivity (Wildman–Crippen MR) is 71.9 cm³/mol. The summed E-state index contributed by atoms with van der Waals surface area (Å²) in [7, 11) is -3.60. The Morgan fingerprint density at radius 1 is 1.20 bits per heavy atom.